The minimum atomic E-state index is -4.38. The van der Waals surface area contributed by atoms with Crippen molar-refractivity contribution in [1.29, 1.82) is 0 Å². The zero-order valence-electron chi connectivity index (χ0n) is 9.90. The predicted molar refractivity (Wildman–Crippen MR) is 60.7 cm³/mol. The molecule has 0 amide bonds. The normalized spacial score (nSPS) is 20.5. The Hall–Kier alpha value is -1.43. The van der Waals surface area contributed by atoms with Crippen molar-refractivity contribution in [3.8, 4) is 0 Å². The molecule has 1 N–H and O–H groups in total. The standard InChI is InChI=1S/C13H12F5N/c14-12(15)9-5-6-19-11(7-9)8-1-3-10(4-2-8)13(16,17)18/h1-4,11,19H,5-7H2. The van der Waals surface area contributed by atoms with Crippen molar-refractivity contribution in [3.63, 3.8) is 0 Å². The Morgan fingerprint density at radius 3 is 2.26 bits per heavy atom. The average molecular weight is 277 g/mol. The lowest BCUT2D eigenvalue weighted by Crippen LogP contribution is -2.28. The molecule has 1 nitrogen and oxygen atoms in total. The second-order valence-corrected chi connectivity index (χ2v) is 4.44. The first-order valence-corrected chi connectivity index (χ1v) is 5.81. The topological polar surface area (TPSA) is 12.0 Å². The van der Waals surface area contributed by atoms with E-state index in [0.717, 1.165) is 12.1 Å². The molecule has 1 fully saturated rings. The number of hydrogen-bond acceptors (Lipinski definition) is 1. The van der Waals surface area contributed by atoms with Gasteiger partial charge >= 0.3 is 6.18 Å². The molecule has 2 rings (SSSR count). The van der Waals surface area contributed by atoms with E-state index in [1.165, 1.54) is 12.1 Å². The van der Waals surface area contributed by atoms with Crippen molar-refractivity contribution >= 4 is 0 Å². The van der Waals surface area contributed by atoms with Crippen LogP contribution < -0.4 is 5.32 Å². The van der Waals surface area contributed by atoms with E-state index in [1.807, 2.05) is 0 Å². The van der Waals surface area contributed by atoms with Gasteiger partial charge in [0.2, 0.25) is 0 Å². The number of nitrogens with one attached hydrogen (secondary N) is 1. The van der Waals surface area contributed by atoms with E-state index in [0.29, 0.717) is 12.1 Å². The zero-order valence-corrected chi connectivity index (χ0v) is 9.90. The van der Waals surface area contributed by atoms with Gasteiger partial charge < -0.3 is 5.32 Å². The summed E-state index contributed by atoms with van der Waals surface area (Å²) in [4.78, 5) is 0. The smallest absolute Gasteiger partial charge is 0.309 e. The molecule has 0 aromatic heterocycles. The molecule has 0 radical (unpaired) electrons. The van der Waals surface area contributed by atoms with Gasteiger partial charge in [-0.05, 0) is 42.7 Å². The SMILES string of the molecule is FC(F)=C1CCNC(c2ccc(C(F)(F)F)cc2)C1. The van der Waals surface area contributed by atoms with Crippen molar-refractivity contribution in [2.75, 3.05) is 6.54 Å². The van der Waals surface area contributed by atoms with Crippen LogP contribution in [0.2, 0.25) is 0 Å². The van der Waals surface area contributed by atoms with E-state index in [-0.39, 0.29) is 24.5 Å². The van der Waals surface area contributed by atoms with Crippen LogP contribution in [0.25, 0.3) is 0 Å². The van der Waals surface area contributed by atoms with Crippen LogP contribution in [0.3, 0.4) is 0 Å². The summed E-state index contributed by atoms with van der Waals surface area (Å²) in [6.07, 6.45) is -5.65. The highest BCUT2D eigenvalue weighted by atomic mass is 19.4. The van der Waals surface area contributed by atoms with Gasteiger partial charge in [-0.2, -0.15) is 22.0 Å². The molecule has 104 valence electrons. The van der Waals surface area contributed by atoms with Crippen molar-refractivity contribution < 1.29 is 22.0 Å². The number of benzene rings is 1. The molecule has 0 bridgehead atoms. The highest BCUT2D eigenvalue weighted by molar-refractivity contribution is 5.28. The quantitative estimate of drug-likeness (QED) is 0.755. The van der Waals surface area contributed by atoms with Crippen LogP contribution >= 0.6 is 0 Å². The summed E-state index contributed by atoms with van der Waals surface area (Å²) in [5, 5.41) is 3.03. The van der Waals surface area contributed by atoms with Crippen LogP contribution in [0.15, 0.2) is 35.9 Å². The van der Waals surface area contributed by atoms with Gasteiger partial charge in [0.15, 0.2) is 0 Å². The molecule has 6 heteroatoms. The maximum absolute atomic E-state index is 12.5. The molecule has 1 unspecified atom stereocenters. The van der Waals surface area contributed by atoms with Crippen LogP contribution in [-0.4, -0.2) is 6.54 Å². The summed E-state index contributed by atoms with van der Waals surface area (Å²) < 4.78 is 62.3. The van der Waals surface area contributed by atoms with Gasteiger partial charge in [-0.3, -0.25) is 0 Å². The molecule has 1 heterocycles. The second kappa shape index (κ2) is 5.28. The van der Waals surface area contributed by atoms with Gasteiger partial charge in [-0.1, -0.05) is 12.1 Å². The first kappa shape index (κ1) is 14.0. The van der Waals surface area contributed by atoms with Gasteiger partial charge in [-0.15, -0.1) is 0 Å². The van der Waals surface area contributed by atoms with Crippen LogP contribution in [0.4, 0.5) is 22.0 Å². The summed E-state index contributed by atoms with van der Waals surface area (Å²) in [6.45, 7) is 0.401. The van der Waals surface area contributed by atoms with Crippen molar-refractivity contribution in [1.82, 2.24) is 5.32 Å². The summed E-state index contributed by atoms with van der Waals surface area (Å²) >= 11 is 0. The summed E-state index contributed by atoms with van der Waals surface area (Å²) in [5.41, 5.74) is -0.0744. The molecule has 1 aromatic rings. The molecule has 1 saturated heterocycles. The molecule has 1 aliphatic rings. The molecular formula is C13H12F5N. The molecule has 19 heavy (non-hydrogen) atoms. The van der Waals surface area contributed by atoms with E-state index in [2.05, 4.69) is 5.32 Å². The number of piperidine rings is 1. The molecule has 0 aliphatic carbocycles. The minimum Gasteiger partial charge on any atom is -0.309 e. The Bertz CT molecular complexity index is 471. The third-order valence-electron chi connectivity index (χ3n) is 3.18. The highest BCUT2D eigenvalue weighted by Gasteiger charge is 2.30. The Labute approximate surface area is 107 Å². The fourth-order valence-electron chi connectivity index (χ4n) is 2.13. The van der Waals surface area contributed by atoms with Crippen LogP contribution in [0, 0.1) is 0 Å². The summed E-state index contributed by atoms with van der Waals surface area (Å²) in [7, 11) is 0. The fraction of sp³-hybridized carbons (Fsp3) is 0.385. The van der Waals surface area contributed by atoms with Crippen molar-refractivity contribution in [2.24, 2.45) is 0 Å². The van der Waals surface area contributed by atoms with Gasteiger partial charge in [0.25, 0.3) is 6.08 Å². The number of rotatable bonds is 1. The largest absolute Gasteiger partial charge is 0.416 e. The third kappa shape index (κ3) is 3.32. The van der Waals surface area contributed by atoms with Crippen LogP contribution in [0.5, 0.6) is 0 Å². The highest BCUT2D eigenvalue weighted by Crippen LogP contribution is 2.33. The number of hydrogen-bond donors (Lipinski definition) is 1. The predicted octanol–water partition coefficient (Wildman–Crippen LogP) is 4.28. The Morgan fingerprint density at radius 1 is 1.11 bits per heavy atom. The maximum Gasteiger partial charge on any atom is 0.416 e. The van der Waals surface area contributed by atoms with Gasteiger partial charge in [0, 0.05) is 6.04 Å². The molecule has 1 aromatic carbocycles. The van der Waals surface area contributed by atoms with Gasteiger partial charge in [-0.25, -0.2) is 0 Å². The van der Waals surface area contributed by atoms with Gasteiger partial charge in [0.1, 0.15) is 0 Å². The van der Waals surface area contributed by atoms with Crippen LogP contribution in [-0.2, 0) is 6.18 Å². The lowest BCUT2D eigenvalue weighted by Gasteiger charge is -2.25. The Balaban J connectivity index is 2.16. The number of alkyl halides is 3. The molecular weight excluding hydrogens is 265 g/mol. The molecule has 0 spiro atoms. The van der Waals surface area contributed by atoms with E-state index >= 15 is 0 Å². The second-order valence-electron chi connectivity index (χ2n) is 4.44. The molecule has 1 aliphatic heterocycles. The summed E-state index contributed by atoms with van der Waals surface area (Å²) in [5.74, 6) is 0. The van der Waals surface area contributed by atoms with E-state index < -0.39 is 17.8 Å². The Morgan fingerprint density at radius 2 is 1.74 bits per heavy atom. The molecule has 0 saturated carbocycles. The van der Waals surface area contributed by atoms with E-state index in [9.17, 15) is 22.0 Å². The first-order chi connectivity index (χ1) is 8.88. The average Bonchev–Trinajstić information content (AvgIpc) is 2.38. The number of halogens is 5. The first-order valence-electron chi connectivity index (χ1n) is 5.81. The maximum atomic E-state index is 12.5. The van der Waals surface area contributed by atoms with Crippen LogP contribution in [0.1, 0.15) is 30.0 Å². The fourth-order valence-corrected chi connectivity index (χ4v) is 2.13. The molecule has 1 atom stereocenters. The lowest BCUT2D eigenvalue weighted by molar-refractivity contribution is -0.137. The zero-order chi connectivity index (χ0) is 14.0. The summed E-state index contributed by atoms with van der Waals surface area (Å²) in [6, 6.07) is 4.26. The monoisotopic (exact) mass is 277 g/mol. The van der Waals surface area contributed by atoms with E-state index in [4.69, 9.17) is 0 Å². The lowest BCUT2D eigenvalue weighted by atomic mass is 9.93. The van der Waals surface area contributed by atoms with Crippen molar-refractivity contribution in [3.05, 3.63) is 47.0 Å². The Kier molecular flexibility index (Phi) is 3.89. The van der Waals surface area contributed by atoms with Gasteiger partial charge in [0.05, 0.1) is 5.56 Å². The third-order valence-corrected chi connectivity index (χ3v) is 3.18. The van der Waals surface area contributed by atoms with E-state index in [1.54, 1.807) is 0 Å². The van der Waals surface area contributed by atoms with Crippen molar-refractivity contribution in [2.45, 2.75) is 25.1 Å². The minimum absolute atomic E-state index is 0.0728.